The van der Waals surface area contributed by atoms with Crippen LogP contribution in [0.25, 0.3) is 0 Å². The quantitative estimate of drug-likeness (QED) is 0.405. The van der Waals surface area contributed by atoms with Crippen molar-refractivity contribution in [1.82, 2.24) is 5.32 Å². The van der Waals surface area contributed by atoms with E-state index in [1.807, 2.05) is 37.3 Å². The lowest BCUT2D eigenvalue weighted by atomic mass is 9.86. The smallest absolute Gasteiger partial charge is 0.143 e. The number of benzene rings is 2. The van der Waals surface area contributed by atoms with E-state index in [-0.39, 0.29) is 6.04 Å². The van der Waals surface area contributed by atoms with Gasteiger partial charge in [0.05, 0.1) is 24.3 Å². The van der Waals surface area contributed by atoms with Crippen LogP contribution in [0.2, 0.25) is 5.02 Å². The Bertz CT molecular complexity index is 968. The minimum atomic E-state index is -1.47. The third-order valence-electron chi connectivity index (χ3n) is 6.29. The Balaban J connectivity index is 1.75. The fourth-order valence-corrected chi connectivity index (χ4v) is 4.79. The number of ether oxygens (including phenoxy) is 3. The Hall–Kier alpha value is -1.91. The molecule has 0 saturated carbocycles. The fourth-order valence-electron chi connectivity index (χ4n) is 4.51. The van der Waals surface area contributed by atoms with Gasteiger partial charge in [-0.15, -0.1) is 0 Å². The number of rotatable bonds is 7. The molecule has 0 amide bonds. The lowest BCUT2D eigenvalue weighted by molar-refractivity contribution is -0.231. The molecule has 33 heavy (non-hydrogen) atoms. The summed E-state index contributed by atoms with van der Waals surface area (Å²) in [4.78, 5) is 0. The van der Waals surface area contributed by atoms with Gasteiger partial charge in [-0.1, -0.05) is 29.8 Å². The molecular formula is C24H30ClNO7. The van der Waals surface area contributed by atoms with Crippen LogP contribution >= 0.6 is 11.6 Å². The molecular weight excluding hydrogens is 450 g/mol. The summed E-state index contributed by atoms with van der Waals surface area (Å²) in [5.74, 6) is 1.29. The first kappa shape index (κ1) is 24.2. The minimum Gasteiger partial charge on any atom is -0.494 e. The van der Waals surface area contributed by atoms with E-state index in [0.29, 0.717) is 36.0 Å². The highest BCUT2D eigenvalue weighted by atomic mass is 35.5. The molecule has 1 fully saturated rings. The normalized spacial score (nSPS) is 28.9. The molecule has 1 saturated heterocycles. The number of hydrogen-bond acceptors (Lipinski definition) is 8. The topological polar surface area (TPSA) is 121 Å². The summed E-state index contributed by atoms with van der Waals surface area (Å²) in [7, 11) is 1.79. The van der Waals surface area contributed by atoms with Crippen LogP contribution in [-0.2, 0) is 11.2 Å². The van der Waals surface area contributed by atoms with Crippen molar-refractivity contribution in [2.45, 2.75) is 49.9 Å². The van der Waals surface area contributed by atoms with E-state index in [9.17, 15) is 20.4 Å². The number of hydrogen-bond donors (Lipinski definition) is 5. The third kappa shape index (κ3) is 4.57. The van der Waals surface area contributed by atoms with E-state index in [1.165, 1.54) is 0 Å². The molecule has 2 aliphatic heterocycles. The molecule has 0 radical (unpaired) electrons. The van der Waals surface area contributed by atoms with Gasteiger partial charge in [0.15, 0.2) is 0 Å². The van der Waals surface area contributed by atoms with Crippen molar-refractivity contribution in [1.29, 1.82) is 0 Å². The number of halogens is 1. The van der Waals surface area contributed by atoms with Crippen LogP contribution in [0.5, 0.6) is 11.5 Å². The van der Waals surface area contributed by atoms with Crippen LogP contribution in [0.3, 0.4) is 0 Å². The zero-order valence-corrected chi connectivity index (χ0v) is 19.3. The molecule has 2 aromatic rings. The SMILES string of the molecule is CCOc1ccc(Cc2cc(C3OC(CO)C(O)C(O)C3O)c3c(c2Cl)OCC3NC)cc1. The Morgan fingerprint density at radius 1 is 1.12 bits per heavy atom. The van der Waals surface area contributed by atoms with E-state index in [0.717, 1.165) is 22.4 Å². The largest absolute Gasteiger partial charge is 0.494 e. The maximum Gasteiger partial charge on any atom is 0.143 e. The lowest BCUT2D eigenvalue weighted by Crippen LogP contribution is -2.55. The molecule has 0 bridgehead atoms. The van der Waals surface area contributed by atoms with Gasteiger partial charge in [0.1, 0.15) is 48.6 Å². The van der Waals surface area contributed by atoms with Crippen LogP contribution in [0.1, 0.15) is 41.3 Å². The highest BCUT2D eigenvalue weighted by molar-refractivity contribution is 6.33. The molecule has 9 heteroatoms. The molecule has 180 valence electrons. The summed E-state index contributed by atoms with van der Waals surface area (Å²) in [6.07, 6.45) is -5.80. The second-order valence-corrected chi connectivity index (χ2v) is 8.72. The van der Waals surface area contributed by atoms with Crippen LogP contribution in [-0.4, -0.2) is 71.7 Å². The minimum absolute atomic E-state index is 0.195. The first-order valence-electron chi connectivity index (χ1n) is 11.1. The Morgan fingerprint density at radius 3 is 2.48 bits per heavy atom. The monoisotopic (exact) mass is 479 g/mol. The van der Waals surface area contributed by atoms with Crippen LogP contribution in [0, 0.1) is 0 Å². The van der Waals surface area contributed by atoms with Crippen molar-refractivity contribution in [3.05, 3.63) is 57.6 Å². The molecule has 2 heterocycles. The van der Waals surface area contributed by atoms with Crippen molar-refractivity contribution in [3.63, 3.8) is 0 Å². The molecule has 2 aromatic carbocycles. The maximum absolute atomic E-state index is 10.8. The first-order valence-corrected chi connectivity index (χ1v) is 11.4. The Kier molecular flexibility index (Phi) is 7.45. The van der Waals surface area contributed by atoms with Crippen molar-refractivity contribution >= 4 is 11.6 Å². The van der Waals surface area contributed by atoms with E-state index < -0.39 is 37.1 Å². The van der Waals surface area contributed by atoms with Crippen molar-refractivity contribution in [3.8, 4) is 11.5 Å². The van der Waals surface area contributed by atoms with E-state index in [4.69, 9.17) is 25.8 Å². The van der Waals surface area contributed by atoms with Gasteiger partial charge in [0.2, 0.25) is 0 Å². The number of nitrogens with one attached hydrogen (secondary N) is 1. The molecule has 8 nitrogen and oxygen atoms in total. The molecule has 0 aromatic heterocycles. The van der Waals surface area contributed by atoms with Gasteiger partial charge in [0, 0.05) is 5.56 Å². The Morgan fingerprint density at radius 2 is 1.85 bits per heavy atom. The zero-order chi connectivity index (χ0) is 23.7. The summed E-state index contributed by atoms with van der Waals surface area (Å²) < 4.78 is 17.3. The van der Waals surface area contributed by atoms with Gasteiger partial charge < -0.3 is 40.0 Å². The van der Waals surface area contributed by atoms with Crippen LogP contribution < -0.4 is 14.8 Å². The van der Waals surface area contributed by atoms with Crippen molar-refractivity contribution < 1.29 is 34.6 Å². The summed E-state index contributed by atoms with van der Waals surface area (Å²) in [5, 5.41) is 44.6. The highest BCUT2D eigenvalue weighted by Gasteiger charge is 2.46. The molecule has 6 atom stereocenters. The van der Waals surface area contributed by atoms with Gasteiger partial charge in [-0.3, -0.25) is 0 Å². The number of aliphatic hydroxyl groups is 4. The number of aliphatic hydroxyl groups excluding tert-OH is 4. The molecule has 0 spiro atoms. The second kappa shape index (κ2) is 10.1. The fraction of sp³-hybridized carbons (Fsp3) is 0.500. The van der Waals surface area contributed by atoms with Crippen molar-refractivity contribution in [2.75, 3.05) is 26.9 Å². The summed E-state index contributed by atoms with van der Waals surface area (Å²) >= 11 is 6.75. The van der Waals surface area contributed by atoms with E-state index in [1.54, 1.807) is 7.05 Å². The predicted molar refractivity (Wildman–Crippen MR) is 122 cm³/mol. The summed E-state index contributed by atoms with van der Waals surface area (Å²) in [6, 6.07) is 9.36. The summed E-state index contributed by atoms with van der Waals surface area (Å²) in [5.41, 5.74) is 3.11. The number of fused-ring (bicyclic) bond motifs is 1. The molecule has 5 N–H and O–H groups in total. The molecule has 6 unspecified atom stereocenters. The molecule has 2 aliphatic rings. The van der Waals surface area contributed by atoms with Crippen LogP contribution in [0.4, 0.5) is 0 Å². The van der Waals surface area contributed by atoms with Gasteiger partial charge in [-0.2, -0.15) is 0 Å². The third-order valence-corrected chi connectivity index (χ3v) is 6.70. The highest BCUT2D eigenvalue weighted by Crippen LogP contribution is 2.47. The van der Waals surface area contributed by atoms with E-state index >= 15 is 0 Å². The lowest BCUT2D eigenvalue weighted by Gasteiger charge is -2.41. The predicted octanol–water partition coefficient (Wildman–Crippen LogP) is 1.50. The second-order valence-electron chi connectivity index (χ2n) is 8.34. The summed E-state index contributed by atoms with van der Waals surface area (Å²) in [6.45, 7) is 2.37. The van der Waals surface area contributed by atoms with Gasteiger partial charge in [0.25, 0.3) is 0 Å². The van der Waals surface area contributed by atoms with Crippen molar-refractivity contribution in [2.24, 2.45) is 0 Å². The van der Waals surface area contributed by atoms with Crippen LogP contribution in [0.15, 0.2) is 30.3 Å². The first-order chi connectivity index (χ1) is 15.9. The standard InChI is InChI=1S/C24H30ClNO7/c1-3-31-14-6-4-12(5-7-14)8-13-9-15(18-16(26-2)11-32-24(18)19(13)25)23-22(30)21(29)20(28)17(10-27)33-23/h4-7,9,16-17,20-23,26-30H,3,8,10-11H2,1-2H3. The average Bonchev–Trinajstić information content (AvgIpc) is 3.26. The molecule has 0 aliphatic carbocycles. The van der Waals surface area contributed by atoms with Gasteiger partial charge in [-0.05, 0) is 49.2 Å². The Labute approximate surface area is 197 Å². The van der Waals surface area contributed by atoms with Gasteiger partial charge in [-0.25, -0.2) is 0 Å². The zero-order valence-electron chi connectivity index (χ0n) is 18.6. The number of likely N-dealkylation sites (N-methyl/N-ethyl adjacent to an activating group) is 1. The van der Waals surface area contributed by atoms with E-state index in [2.05, 4.69) is 5.32 Å². The molecule has 4 rings (SSSR count). The average molecular weight is 480 g/mol. The maximum atomic E-state index is 10.8. The van der Waals surface area contributed by atoms with Gasteiger partial charge >= 0.3 is 0 Å².